The van der Waals surface area contributed by atoms with Crippen LogP contribution >= 0.6 is 0 Å². The zero-order valence-electron chi connectivity index (χ0n) is 9.40. The van der Waals surface area contributed by atoms with Crippen molar-refractivity contribution in [2.45, 2.75) is 12.8 Å². The molecule has 16 heavy (non-hydrogen) atoms. The molecule has 0 aromatic carbocycles. The fourth-order valence-corrected chi connectivity index (χ4v) is 2.02. The molecule has 0 spiro atoms. The molecule has 1 aromatic rings. The first kappa shape index (κ1) is 11.1. The minimum atomic E-state index is -0.290. The van der Waals surface area contributed by atoms with Crippen molar-refractivity contribution < 1.29 is 4.39 Å². The van der Waals surface area contributed by atoms with Gasteiger partial charge in [0, 0.05) is 32.1 Å². The summed E-state index contributed by atoms with van der Waals surface area (Å²) in [4.78, 5) is 17.6. The number of halogens is 1. The number of rotatable bonds is 2. The predicted molar refractivity (Wildman–Crippen MR) is 60.4 cm³/mol. The van der Waals surface area contributed by atoms with Crippen LogP contribution in [0.5, 0.6) is 0 Å². The first-order valence-electron chi connectivity index (χ1n) is 5.54. The summed E-state index contributed by atoms with van der Waals surface area (Å²) in [6.45, 7) is 1.23. The van der Waals surface area contributed by atoms with E-state index in [9.17, 15) is 9.18 Å². The van der Waals surface area contributed by atoms with Gasteiger partial charge >= 0.3 is 0 Å². The fraction of sp³-hybridized carbons (Fsp3) is 0.636. The summed E-state index contributed by atoms with van der Waals surface area (Å²) in [6.07, 6.45) is 3.40. The van der Waals surface area contributed by atoms with Crippen LogP contribution in [0.2, 0.25) is 0 Å². The summed E-state index contributed by atoms with van der Waals surface area (Å²) in [5.74, 6) is 0.751. The van der Waals surface area contributed by atoms with E-state index in [1.807, 2.05) is 4.90 Å². The third-order valence-corrected chi connectivity index (χ3v) is 3.02. The Bertz CT molecular complexity index is 418. The van der Waals surface area contributed by atoms with Crippen LogP contribution in [0, 0.1) is 5.92 Å². The molecule has 0 radical (unpaired) electrons. The van der Waals surface area contributed by atoms with Crippen molar-refractivity contribution in [1.29, 1.82) is 0 Å². The molecule has 5 heteroatoms. The molecule has 88 valence electrons. The van der Waals surface area contributed by atoms with E-state index in [0.29, 0.717) is 12.4 Å². The lowest BCUT2D eigenvalue weighted by atomic mass is 10.00. The Hall–Kier alpha value is -1.39. The fourth-order valence-electron chi connectivity index (χ4n) is 2.02. The Balaban J connectivity index is 2.17. The van der Waals surface area contributed by atoms with Crippen molar-refractivity contribution in [2.24, 2.45) is 13.0 Å². The van der Waals surface area contributed by atoms with Gasteiger partial charge < -0.3 is 9.47 Å². The molecular weight excluding hydrogens is 209 g/mol. The van der Waals surface area contributed by atoms with E-state index in [4.69, 9.17) is 0 Å². The maximum atomic E-state index is 12.6. The molecule has 1 fully saturated rings. The first-order valence-corrected chi connectivity index (χ1v) is 5.54. The van der Waals surface area contributed by atoms with Gasteiger partial charge in [-0.1, -0.05) is 0 Å². The summed E-state index contributed by atoms with van der Waals surface area (Å²) in [6, 6.07) is 1.51. The molecule has 0 saturated carbocycles. The van der Waals surface area contributed by atoms with Gasteiger partial charge in [0.15, 0.2) is 0 Å². The third-order valence-electron chi connectivity index (χ3n) is 3.02. The van der Waals surface area contributed by atoms with Gasteiger partial charge in [-0.05, 0) is 12.8 Å². The van der Waals surface area contributed by atoms with Crippen LogP contribution in [0.3, 0.4) is 0 Å². The highest BCUT2D eigenvalue weighted by Crippen LogP contribution is 2.20. The lowest BCUT2D eigenvalue weighted by Gasteiger charge is -2.32. The van der Waals surface area contributed by atoms with E-state index in [0.717, 1.165) is 19.4 Å². The monoisotopic (exact) mass is 225 g/mol. The van der Waals surface area contributed by atoms with Crippen LogP contribution in [0.25, 0.3) is 0 Å². The smallest absolute Gasteiger partial charge is 0.255 e. The Morgan fingerprint density at radius 3 is 3.12 bits per heavy atom. The van der Waals surface area contributed by atoms with Crippen LogP contribution in [-0.2, 0) is 7.05 Å². The zero-order chi connectivity index (χ0) is 11.5. The SMILES string of the molecule is Cn1cnc(N2CCCC(CF)C2)cc1=O. The standard InChI is InChI=1S/C11H16FN3O/c1-14-8-13-10(5-11(14)16)15-4-2-3-9(6-12)7-15/h5,8-9H,2-4,6-7H2,1H3. The third kappa shape index (κ3) is 2.23. The molecular formula is C11H16FN3O. The van der Waals surface area contributed by atoms with E-state index < -0.39 is 0 Å². The summed E-state index contributed by atoms with van der Waals surface area (Å²) < 4.78 is 14.0. The second-order valence-corrected chi connectivity index (χ2v) is 4.30. The van der Waals surface area contributed by atoms with Gasteiger partial charge in [-0.25, -0.2) is 4.98 Å². The van der Waals surface area contributed by atoms with Gasteiger partial charge in [-0.15, -0.1) is 0 Å². The van der Waals surface area contributed by atoms with E-state index in [1.165, 1.54) is 17.0 Å². The number of aromatic nitrogens is 2. The predicted octanol–water partition coefficient (Wildman–Crippen LogP) is 0.966. The van der Waals surface area contributed by atoms with Crippen molar-refractivity contribution in [3.05, 3.63) is 22.7 Å². The average molecular weight is 225 g/mol. The Labute approximate surface area is 93.7 Å². The summed E-state index contributed by atoms with van der Waals surface area (Å²) in [5, 5.41) is 0. The van der Waals surface area contributed by atoms with Crippen LogP contribution in [0.15, 0.2) is 17.2 Å². The van der Waals surface area contributed by atoms with Crippen molar-refractivity contribution in [3.8, 4) is 0 Å². The molecule has 0 N–H and O–H groups in total. The highest BCUT2D eigenvalue weighted by atomic mass is 19.1. The van der Waals surface area contributed by atoms with Gasteiger partial charge in [0.25, 0.3) is 5.56 Å². The molecule has 2 rings (SSSR count). The van der Waals surface area contributed by atoms with Crippen molar-refractivity contribution in [3.63, 3.8) is 0 Å². The maximum absolute atomic E-state index is 12.6. The van der Waals surface area contributed by atoms with E-state index in [2.05, 4.69) is 4.98 Å². The number of nitrogens with zero attached hydrogens (tertiary/aromatic N) is 3. The average Bonchev–Trinajstić information content (AvgIpc) is 2.33. The molecule has 2 heterocycles. The van der Waals surface area contributed by atoms with Crippen molar-refractivity contribution in [2.75, 3.05) is 24.7 Å². The quantitative estimate of drug-likeness (QED) is 0.752. The van der Waals surface area contributed by atoms with E-state index in [-0.39, 0.29) is 18.2 Å². The first-order chi connectivity index (χ1) is 7.70. The van der Waals surface area contributed by atoms with E-state index >= 15 is 0 Å². The minimum absolute atomic E-state index is 0.0765. The number of hydrogen-bond donors (Lipinski definition) is 0. The van der Waals surface area contributed by atoms with Crippen LogP contribution in [-0.4, -0.2) is 29.3 Å². The molecule has 1 saturated heterocycles. The second kappa shape index (κ2) is 4.63. The van der Waals surface area contributed by atoms with Gasteiger partial charge in [0.05, 0.1) is 13.0 Å². The molecule has 1 aromatic heterocycles. The molecule has 1 unspecified atom stereocenters. The van der Waals surface area contributed by atoms with Gasteiger partial charge in [0.2, 0.25) is 0 Å². The topological polar surface area (TPSA) is 38.1 Å². The molecule has 1 aliphatic heterocycles. The van der Waals surface area contributed by atoms with Gasteiger partial charge in [-0.2, -0.15) is 0 Å². The van der Waals surface area contributed by atoms with Crippen molar-refractivity contribution in [1.82, 2.24) is 9.55 Å². The number of alkyl halides is 1. The summed E-state index contributed by atoms with van der Waals surface area (Å²) >= 11 is 0. The highest BCUT2D eigenvalue weighted by molar-refractivity contribution is 5.37. The normalized spacial score (nSPS) is 21.1. The lowest BCUT2D eigenvalue weighted by Crippen LogP contribution is -2.37. The Morgan fingerprint density at radius 2 is 2.44 bits per heavy atom. The Kier molecular flexibility index (Phi) is 3.22. The van der Waals surface area contributed by atoms with Crippen LogP contribution in [0.1, 0.15) is 12.8 Å². The van der Waals surface area contributed by atoms with Crippen molar-refractivity contribution >= 4 is 5.82 Å². The molecule has 4 nitrogen and oxygen atoms in total. The summed E-state index contributed by atoms with van der Waals surface area (Å²) in [7, 11) is 1.67. The second-order valence-electron chi connectivity index (χ2n) is 4.30. The number of anilines is 1. The zero-order valence-corrected chi connectivity index (χ0v) is 9.40. The molecule has 1 atom stereocenters. The van der Waals surface area contributed by atoms with Gasteiger partial charge in [-0.3, -0.25) is 9.18 Å². The maximum Gasteiger partial charge on any atom is 0.255 e. The number of aryl methyl sites for hydroxylation is 1. The molecule has 1 aliphatic rings. The molecule has 0 amide bonds. The summed E-state index contributed by atoms with van der Waals surface area (Å²) in [5.41, 5.74) is -0.0765. The van der Waals surface area contributed by atoms with Crippen LogP contribution < -0.4 is 10.5 Å². The largest absolute Gasteiger partial charge is 0.356 e. The lowest BCUT2D eigenvalue weighted by molar-refractivity contribution is 0.315. The number of hydrogen-bond acceptors (Lipinski definition) is 3. The molecule has 0 aliphatic carbocycles. The Morgan fingerprint density at radius 1 is 1.62 bits per heavy atom. The van der Waals surface area contributed by atoms with Gasteiger partial charge in [0.1, 0.15) is 5.82 Å². The van der Waals surface area contributed by atoms with E-state index in [1.54, 1.807) is 7.05 Å². The molecule has 0 bridgehead atoms. The highest BCUT2D eigenvalue weighted by Gasteiger charge is 2.20. The number of piperidine rings is 1. The van der Waals surface area contributed by atoms with Crippen LogP contribution in [0.4, 0.5) is 10.2 Å². The minimum Gasteiger partial charge on any atom is -0.356 e.